The van der Waals surface area contributed by atoms with Gasteiger partial charge in [0.2, 0.25) is 0 Å². The Hall–Kier alpha value is -1.70. The minimum absolute atomic E-state index is 0.0835. The van der Waals surface area contributed by atoms with Crippen molar-refractivity contribution in [3.05, 3.63) is 59.7 Å². The monoisotopic (exact) mass is 342 g/mol. The van der Waals surface area contributed by atoms with Gasteiger partial charge in [0.15, 0.2) is 0 Å². The minimum Gasteiger partial charge on any atom is -0.205 e. The van der Waals surface area contributed by atoms with Crippen LogP contribution in [0.25, 0.3) is 11.1 Å². The van der Waals surface area contributed by atoms with Gasteiger partial charge in [-0.05, 0) is 54.2 Å². The summed E-state index contributed by atoms with van der Waals surface area (Å²) in [6, 6.07) is 15.3. The van der Waals surface area contributed by atoms with Gasteiger partial charge in [-0.1, -0.05) is 74.7 Å². The van der Waals surface area contributed by atoms with Crippen LogP contribution in [0, 0.1) is 5.92 Å². The van der Waals surface area contributed by atoms with E-state index in [1.807, 2.05) is 0 Å². The molecule has 0 radical (unpaired) electrons. The Morgan fingerprint density at radius 3 is 1.92 bits per heavy atom. The van der Waals surface area contributed by atoms with Crippen LogP contribution in [0.1, 0.15) is 75.3 Å². The average molecular weight is 342 g/mol. The summed E-state index contributed by atoms with van der Waals surface area (Å²) in [4.78, 5) is 0. The van der Waals surface area contributed by atoms with Crippen LogP contribution in [-0.4, -0.2) is 0 Å². The maximum Gasteiger partial charge on any atom is 0.263 e. The Labute approximate surface area is 150 Å². The highest BCUT2D eigenvalue weighted by atomic mass is 19.3. The summed E-state index contributed by atoms with van der Waals surface area (Å²) in [5.74, 6) is 1.62. The van der Waals surface area contributed by atoms with E-state index in [0.29, 0.717) is 5.92 Å². The average Bonchev–Trinajstić information content (AvgIpc) is 2.67. The minimum atomic E-state index is -2.40. The molecule has 0 nitrogen and oxygen atoms in total. The van der Waals surface area contributed by atoms with Crippen LogP contribution in [0.2, 0.25) is 0 Å². The molecule has 1 aliphatic rings. The molecule has 25 heavy (non-hydrogen) atoms. The van der Waals surface area contributed by atoms with E-state index >= 15 is 0 Å². The number of hydrogen-bond acceptors (Lipinski definition) is 0. The molecule has 0 heterocycles. The molecule has 0 aromatic heterocycles. The van der Waals surface area contributed by atoms with Crippen LogP contribution >= 0.6 is 0 Å². The molecule has 134 valence electrons. The Morgan fingerprint density at radius 2 is 1.40 bits per heavy atom. The van der Waals surface area contributed by atoms with Crippen molar-refractivity contribution in [2.75, 3.05) is 0 Å². The Morgan fingerprint density at radius 1 is 0.840 bits per heavy atom. The first-order chi connectivity index (χ1) is 12.2. The summed E-state index contributed by atoms with van der Waals surface area (Å²) < 4.78 is 25.3. The van der Waals surface area contributed by atoms with Crippen molar-refractivity contribution >= 4 is 0 Å². The van der Waals surface area contributed by atoms with E-state index < -0.39 is 6.43 Å². The standard InChI is InChI=1S/C23H28F2/c1-2-3-4-17-5-7-18(8-6-17)19-9-11-20(12-10-19)21-13-15-22(16-14-21)23(24)25/h9-18,23H,2-8H2,1H3/t17-,18-. The molecule has 0 bridgehead atoms. The highest BCUT2D eigenvalue weighted by Crippen LogP contribution is 2.38. The molecule has 1 aliphatic carbocycles. The van der Waals surface area contributed by atoms with Crippen molar-refractivity contribution < 1.29 is 8.78 Å². The Kier molecular flexibility index (Phi) is 6.23. The van der Waals surface area contributed by atoms with Crippen LogP contribution in [0.5, 0.6) is 0 Å². The first-order valence-corrected chi connectivity index (χ1v) is 9.65. The summed E-state index contributed by atoms with van der Waals surface area (Å²) in [6.07, 6.45) is 7.01. The van der Waals surface area contributed by atoms with Gasteiger partial charge in [-0.25, -0.2) is 8.78 Å². The third kappa shape index (κ3) is 4.68. The second-order valence-electron chi connectivity index (χ2n) is 7.40. The lowest BCUT2D eigenvalue weighted by Crippen LogP contribution is -2.13. The first kappa shape index (κ1) is 18.1. The predicted octanol–water partition coefficient (Wildman–Crippen LogP) is 7.76. The Bertz CT molecular complexity index is 635. The number of unbranched alkanes of at least 4 members (excludes halogenated alkanes) is 1. The molecule has 2 heteroatoms. The van der Waals surface area contributed by atoms with E-state index in [0.717, 1.165) is 17.0 Å². The lowest BCUT2D eigenvalue weighted by atomic mass is 9.77. The molecule has 0 spiro atoms. The quantitative estimate of drug-likeness (QED) is 0.503. The molecule has 0 amide bonds. The van der Waals surface area contributed by atoms with E-state index in [4.69, 9.17) is 0 Å². The SMILES string of the molecule is CCCC[C@H]1CC[C@H](c2ccc(-c3ccc(C(F)F)cc3)cc2)CC1. The third-order valence-electron chi connectivity index (χ3n) is 5.69. The molecule has 2 aromatic carbocycles. The van der Waals surface area contributed by atoms with Crippen LogP contribution in [-0.2, 0) is 0 Å². The molecule has 0 unspecified atom stereocenters. The molecule has 3 rings (SSSR count). The highest BCUT2D eigenvalue weighted by Gasteiger charge is 2.21. The summed E-state index contributed by atoms with van der Waals surface area (Å²) in [7, 11) is 0. The lowest BCUT2D eigenvalue weighted by Gasteiger charge is -2.29. The first-order valence-electron chi connectivity index (χ1n) is 9.65. The van der Waals surface area contributed by atoms with Crippen LogP contribution in [0.3, 0.4) is 0 Å². The molecule has 2 aromatic rings. The molecular formula is C23H28F2. The van der Waals surface area contributed by atoms with Gasteiger partial charge in [0.1, 0.15) is 0 Å². The normalized spacial score (nSPS) is 20.8. The van der Waals surface area contributed by atoms with Crippen molar-refractivity contribution in [2.45, 2.75) is 64.2 Å². The smallest absolute Gasteiger partial charge is 0.205 e. The third-order valence-corrected chi connectivity index (χ3v) is 5.69. The number of halogens is 2. The second-order valence-corrected chi connectivity index (χ2v) is 7.40. The summed E-state index contributed by atoms with van der Waals surface area (Å²) >= 11 is 0. The van der Waals surface area contributed by atoms with Crippen molar-refractivity contribution in [3.8, 4) is 11.1 Å². The fraction of sp³-hybridized carbons (Fsp3) is 0.478. The van der Waals surface area contributed by atoms with Crippen molar-refractivity contribution in [3.63, 3.8) is 0 Å². The highest BCUT2D eigenvalue weighted by molar-refractivity contribution is 5.64. The van der Waals surface area contributed by atoms with Crippen molar-refractivity contribution in [1.82, 2.24) is 0 Å². The zero-order valence-corrected chi connectivity index (χ0v) is 15.1. The van der Waals surface area contributed by atoms with Gasteiger partial charge in [-0.3, -0.25) is 0 Å². The van der Waals surface area contributed by atoms with Crippen LogP contribution < -0.4 is 0 Å². The van der Waals surface area contributed by atoms with Gasteiger partial charge in [-0.15, -0.1) is 0 Å². The van der Waals surface area contributed by atoms with Gasteiger partial charge >= 0.3 is 0 Å². The maximum absolute atomic E-state index is 12.7. The molecule has 1 fully saturated rings. The number of hydrogen-bond donors (Lipinski definition) is 0. The second kappa shape index (κ2) is 8.60. The topological polar surface area (TPSA) is 0 Å². The van der Waals surface area contributed by atoms with Gasteiger partial charge in [0, 0.05) is 5.56 Å². The lowest BCUT2D eigenvalue weighted by molar-refractivity contribution is 0.151. The molecule has 0 atom stereocenters. The number of rotatable bonds is 6. The van der Waals surface area contributed by atoms with Gasteiger partial charge in [0.25, 0.3) is 6.43 Å². The van der Waals surface area contributed by atoms with Crippen molar-refractivity contribution in [1.29, 1.82) is 0 Å². The van der Waals surface area contributed by atoms with Crippen LogP contribution in [0.15, 0.2) is 48.5 Å². The summed E-state index contributed by atoms with van der Waals surface area (Å²) in [6.45, 7) is 2.27. The van der Waals surface area contributed by atoms with E-state index in [-0.39, 0.29) is 5.56 Å². The largest absolute Gasteiger partial charge is 0.263 e. The number of alkyl halides is 2. The Balaban J connectivity index is 1.61. The summed E-state index contributed by atoms with van der Waals surface area (Å²) in [5, 5.41) is 0. The molecule has 1 saturated carbocycles. The summed E-state index contributed by atoms with van der Waals surface area (Å²) in [5.41, 5.74) is 3.61. The van der Waals surface area contributed by atoms with Crippen LogP contribution in [0.4, 0.5) is 8.78 Å². The maximum atomic E-state index is 12.7. The van der Waals surface area contributed by atoms with Gasteiger partial charge < -0.3 is 0 Å². The van der Waals surface area contributed by atoms with E-state index in [1.165, 1.54) is 62.6 Å². The molecule has 0 N–H and O–H groups in total. The van der Waals surface area contributed by atoms with E-state index in [2.05, 4.69) is 31.2 Å². The van der Waals surface area contributed by atoms with Gasteiger partial charge in [-0.2, -0.15) is 0 Å². The fourth-order valence-corrected chi connectivity index (χ4v) is 4.05. The predicted molar refractivity (Wildman–Crippen MR) is 101 cm³/mol. The number of benzene rings is 2. The fourth-order valence-electron chi connectivity index (χ4n) is 4.05. The van der Waals surface area contributed by atoms with Gasteiger partial charge in [0.05, 0.1) is 0 Å². The molecule has 0 aliphatic heterocycles. The van der Waals surface area contributed by atoms with Crippen molar-refractivity contribution in [2.24, 2.45) is 5.92 Å². The van der Waals surface area contributed by atoms with E-state index in [1.54, 1.807) is 12.1 Å². The zero-order valence-electron chi connectivity index (χ0n) is 15.1. The molecular weight excluding hydrogens is 314 g/mol. The van der Waals surface area contributed by atoms with E-state index in [9.17, 15) is 8.78 Å². The zero-order chi connectivity index (χ0) is 17.6. The molecule has 0 saturated heterocycles.